The van der Waals surface area contributed by atoms with Crippen LogP contribution in [0.1, 0.15) is 0 Å². The zero-order valence-corrected chi connectivity index (χ0v) is 15.8. The lowest BCUT2D eigenvalue weighted by molar-refractivity contribution is -0.113. The van der Waals surface area contributed by atoms with Gasteiger partial charge in [0.1, 0.15) is 5.75 Å². The van der Waals surface area contributed by atoms with Gasteiger partial charge >= 0.3 is 0 Å². The highest BCUT2D eigenvalue weighted by atomic mass is 32.2. The number of carbonyl (C=O) groups excluding carboxylic acids is 1. The number of amides is 1. The Bertz CT molecular complexity index is 925. The van der Waals surface area contributed by atoms with E-state index >= 15 is 0 Å². The maximum atomic E-state index is 12.2. The molecule has 7 heteroatoms. The van der Waals surface area contributed by atoms with Crippen molar-refractivity contribution in [2.45, 2.75) is 11.7 Å². The molecule has 3 aromatic rings. The summed E-state index contributed by atoms with van der Waals surface area (Å²) in [7, 11) is 1.63. The molecule has 0 saturated heterocycles. The van der Waals surface area contributed by atoms with E-state index in [1.54, 1.807) is 13.2 Å². The van der Waals surface area contributed by atoms with Crippen LogP contribution >= 0.6 is 11.8 Å². The average molecular weight is 380 g/mol. The van der Waals surface area contributed by atoms with E-state index in [0.717, 1.165) is 17.0 Å². The molecule has 0 bridgehead atoms. The molecule has 0 atom stereocenters. The van der Waals surface area contributed by atoms with E-state index in [1.165, 1.54) is 11.8 Å². The summed E-state index contributed by atoms with van der Waals surface area (Å²) in [5.74, 6) is 1.60. The van der Waals surface area contributed by atoms with E-state index in [2.05, 4.69) is 22.1 Å². The van der Waals surface area contributed by atoms with Crippen LogP contribution in [0, 0.1) is 0 Å². The van der Waals surface area contributed by atoms with E-state index in [1.807, 2.05) is 59.2 Å². The normalized spacial score (nSPS) is 10.4. The minimum Gasteiger partial charge on any atom is -0.497 e. The molecule has 0 aliphatic rings. The predicted molar refractivity (Wildman–Crippen MR) is 108 cm³/mol. The second-order valence-corrected chi connectivity index (χ2v) is 6.58. The van der Waals surface area contributed by atoms with Crippen molar-refractivity contribution in [2.24, 2.45) is 0 Å². The topological polar surface area (TPSA) is 69.0 Å². The van der Waals surface area contributed by atoms with Gasteiger partial charge in [0.05, 0.1) is 12.9 Å². The third kappa shape index (κ3) is 4.77. The number of ether oxygens (including phenoxy) is 1. The van der Waals surface area contributed by atoms with E-state index in [0.29, 0.717) is 17.5 Å². The number of para-hydroxylation sites is 1. The predicted octanol–water partition coefficient (Wildman–Crippen LogP) is 3.87. The number of benzene rings is 2. The van der Waals surface area contributed by atoms with Gasteiger partial charge in [-0.25, -0.2) is 0 Å². The lowest BCUT2D eigenvalue weighted by atomic mass is 10.2. The lowest BCUT2D eigenvalue weighted by Crippen LogP contribution is -2.14. The molecule has 1 aromatic heterocycles. The minimum atomic E-state index is -0.0951. The first-order chi connectivity index (χ1) is 13.2. The quantitative estimate of drug-likeness (QED) is 0.475. The number of nitrogens with zero attached hydrogens (tertiary/aromatic N) is 3. The maximum absolute atomic E-state index is 12.2. The Morgan fingerprint density at radius 1 is 1.22 bits per heavy atom. The monoisotopic (exact) mass is 380 g/mol. The van der Waals surface area contributed by atoms with Crippen molar-refractivity contribution in [1.82, 2.24) is 14.8 Å². The summed E-state index contributed by atoms with van der Waals surface area (Å²) < 4.78 is 7.22. The van der Waals surface area contributed by atoms with Gasteiger partial charge in [0.25, 0.3) is 0 Å². The van der Waals surface area contributed by atoms with E-state index < -0.39 is 0 Å². The number of anilines is 1. The van der Waals surface area contributed by atoms with Crippen molar-refractivity contribution in [1.29, 1.82) is 0 Å². The third-order valence-corrected chi connectivity index (χ3v) is 4.71. The van der Waals surface area contributed by atoms with Crippen LogP contribution in [0.15, 0.2) is 72.4 Å². The first-order valence-electron chi connectivity index (χ1n) is 8.37. The molecule has 0 radical (unpaired) electrons. The molecule has 0 fully saturated rings. The van der Waals surface area contributed by atoms with E-state index in [4.69, 9.17) is 4.74 Å². The summed E-state index contributed by atoms with van der Waals surface area (Å²) in [5, 5.41) is 12.1. The zero-order valence-electron chi connectivity index (χ0n) is 15.0. The Balaban J connectivity index is 1.74. The van der Waals surface area contributed by atoms with Gasteiger partial charge in [-0.1, -0.05) is 48.2 Å². The molecular formula is C20H20N4O2S. The molecule has 0 aliphatic heterocycles. The first kappa shape index (κ1) is 18.7. The van der Waals surface area contributed by atoms with Crippen LogP contribution in [0.5, 0.6) is 5.75 Å². The van der Waals surface area contributed by atoms with Crippen LogP contribution in [0.25, 0.3) is 11.4 Å². The van der Waals surface area contributed by atoms with Crippen molar-refractivity contribution >= 4 is 23.4 Å². The molecule has 0 aliphatic carbocycles. The lowest BCUT2D eigenvalue weighted by Gasteiger charge is -2.09. The van der Waals surface area contributed by atoms with Crippen LogP contribution in [0.2, 0.25) is 0 Å². The highest BCUT2D eigenvalue weighted by Gasteiger charge is 2.15. The van der Waals surface area contributed by atoms with Gasteiger partial charge in [0.15, 0.2) is 11.0 Å². The number of carbonyl (C=O) groups is 1. The number of methoxy groups -OCH3 is 1. The Morgan fingerprint density at radius 2 is 2.04 bits per heavy atom. The second-order valence-electron chi connectivity index (χ2n) is 5.64. The molecule has 3 rings (SSSR count). The summed E-state index contributed by atoms with van der Waals surface area (Å²) in [6, 6.07) is 17.0. The number of aromatic nitrogens is 3. The fraction of sp³-hybridized carbons (Fsp3) is 0.150. The molecule has 1 amide bonds. The fourth-order valence-electron chi connectivity index (χ4n) is 2.51. The van der Waals surface area contributed by atoms with Gasteiger partial charge in [0, 0.05) is 17.8 Å². The standard InChI is InChI=1S/C20H20N4O2S/c1-3-12-24-19(15-8-7-11-17(13-15)26-2)22-23-20(24)27-14-18(25)21-16-9-5-4-6-10-16/h3-11,13H,1,12,14H2,2H3,(H,21,25). The Morgan fingerprint density at radius 3 is 2.78 bits per heavy atom. The number of allylic oxidation sites excluding steroid dienone is 1. The summed E-state index contributed by atoms with van der Waals surface area (Å²) in [4.78, 5) is 12.2. The number of hydrogen-bond donors (Lipinski definition) is 1. The number of nitrogens with one attached hydrogen (secondary N) is 1. The summed E-state index contributed by atoms with van der Waals surface area (Å²) in [5.41, 5.74) is 1.66. The van der Waals surface area contributed by atoms with E-state index in [-0.39, 0.29) is 11.7 Å². The van der Waals surface area contributed by atoms with Gasteiger partial charge in [-0.15, -0.1) is 16.8 Å². The van der Waals surface area contributed by atoms with E-state index in [9.17, 15) is 4.79 Å². The molecule has 2 aromatic carbocycles. The molecule has 27 heavy (non-hydrogen) atoms. The van der Waals surface area contributed by atoms with Gasteiger partial charge < -0.3 is 10.1 Å². The molecular weight excluding hydrogens is 360 g/mol. The molecule has 1 N–H and O–H groups in total. The number of rotatable bonds is 8. The van der Waals surface area contributed by atoms with Crippen LogP contribution in [0.4, 0.5) is 5.69 Å². The Kier molecular flexibility index (Phi) is 6.27. The Labute approximate surface area is 162 Å². The van der Waals surface area contributed by atoms with Gasteiger partial charge in [-0.2, -0.15) is 0 Å². The highest BCUT2D eigenvalue weighted by Crippen LogP contribution is 2.26. The first-order valence-corrected chi connectivity index (χ1v) is 9.36. The molecule has 0 spiro atoms. The molecule has 0 unspecified atom stereocenters. The molecule has 6 nitrogen and oxygen atoms in total. The molecule has 138 valence electrons. The van der Waals surface area contributed by atoms with Gasteiger partial charge in [-0.05, 0) is 24.3 Å². The summed E-state index contributed by atoms with van der Waals surface area (Å²) >= 11 is 1.34. The zero-order chi connectivity index (χ0) is 19.1. The summed E-state index contributed by atoms with van der Waals surface area (Å²) in [6.07, 6.45) is 1.78. The fourth-order valence-corrected chi connectivity index (χ4v) is 3.26. The largest absolute Gasteiger partial charge is 0.497 e. The average Bonchev–Trinajstić information content (AvgIpc) is 3.10. The van der Waals surface area contributed by atoms with Crippen LogP contribution in [-0.4, -0.2) is 33.5 Å². The van der Waals surface area contributed by atoms with Crippen LogP contribution < -0.4 is 10.1 Å². The smallest absolute Gasteiger partial charge is 0.234 e. The minimum absolute atomic E-state index is 0.0951. The summed E-state index contributed by atoms with van der Waals surface area (Å²) in [6.45, 7) is 4.35. The van der Waals surface area contributed by atoms with Crippen molar-refractivity contribution in [3.05, 3.63) is 67.3 Å². The molecule has 0 saturated carbocycles. The molecule has 1 heterocycles. The Hall–Kier alpha value is -3.06. The van der Waals surface area contributed by atoms with Crippen LogP contribution in [-0.2, 0) is 11.3 Å². The third-order valence-electron chi connectivity index (χ3n) is 3.75. The second kappa shape index (κ2) is 9.05. The van der Waals surface area contributed by atoms with Crippen molar-refractivity contribution in [2.75, 3.05) is 18.2 Å². The number of thioether (sulfide) groups is 1. The highest BCUT2D eigenvalue weighted by molar-refractivity contribution is 7.99. The van der Waals surface area contributed by atoms with Crippen molar-refractivity contribution in [3.8, 4) is 17.1 Å². The maximum Gasteiger partial charge on any atom is 0.234 e. The van der Waals surface area contributed by atoms with Crippen LogP contribution in [0.3, 0.4) is 0 Å². The van der Waals surface area contributed by atoms with Gasteiger partial charge in [0.2, 0.25) is 5.91 Å². The van der Waals surface area contributed by atoms with Crippen molar-refractivity contribution in [3.63, 3.8) is 0 Å². The number of hydrogen-bond acceptors (Lipinski definition) is 5. The SMILES string of the molecule is C=CCn1c(SCC(=O)Nc2ccccc2)nnc1-c1cccc(OC)c1. The van der Waals surface area contributed by atoms with Gasteiger partial charge in [-0.3, -0.25) is 9.36 Å². The van der Waals surface area contributed by atoms with Crippen molar-refractivity contribution < 1.29 is 9.53 Å².